The van der Waals surface area contributed by atoms with Crippen LogP contribution < -0.4 is 10.6 Å². The first-order valence-electron chi connectivity index (χ1n) is 5.87. The van der Waals surface area contributed by atoms with Crippen LogP contribution in [0.25, 0.3) is 0 Å². The second-order valence-electron chi connectivity index (χ2n) is 4.07. The predicted molar refractivity (Wildman–Crippen MR) is 71.6 cm³/mol. The maximum Gasteiger partial charge on any atom is 0.255 e. The van der Waals surface area contributed by atoms with Gasteiger partial charge in [-0.1, -0.05) is 19.1 Å². The minimum absolute atomic E-state index is 0.130. The van der Waals surface area contributed by atoms with Crippen LogP contribution in [0, 0.1) is 0 Å². The van der Waals surface area contributed by atoms with E-state index in [0.717, 1.165) is 6.54 Å². The van der Waals surface area contributed by atoms with Crippen molar-refractivity contribution in [2.75, 3.05) is 32.5 Å². The third-order valence-electron chi connectivity index (χ3n) is 2.37. The van der Waals surface area contributed by atoms with Gasteiger partial charge in [-0.2, -0.15) is 0 Å². The van der Waals surface area contributed by atoms with Crippen molar-refractivity contribution >= 4 is 17.5 Å². The second-order valence-corrected chi connectivity index (χ2v) is 4.07. The lowest BCUT2D eigenvalue weighted by Crippen LogP contribution is -2.29. The molecule has 98 valence electrons. The molecule has 1 aromatic carbocycles. The van der Waals surface area contributed by atoms with Gasteiger partial charge in [0, 0.05) is 14.1 Å². The molecular formula is C13H19N3O2. The second kappa shape index (κ2) is 6.76. The maximum absolute atomic E-state index is 11.9. The zero-order valence-electron chi connectivity index (χ0n) is 11.0. The lowest BCUT2D eigenvalue weighted by Gasteiger charge is -2.14. The SMILES string of the molecule is CCNCC(=O)Nc1ccccc1C(=O)N(C)C. The molecule has 0 aromatic heterocycles. The number of likely N-dealkylation sites (N-methyl/N-ethyl adjacent to an activating group) is 1. The number of carbonyl (C=O) groups is 2. The van der Waals surface area contributed by atoms with E-state index in [9.17, 15) is 9.59 Å². The van der Waals surface area contributed by atoms with Gasteiger partial charge in [0.2, 0.25) is 5.91 Å². The number of benzene rings is 1. The molecule has 0 bridgehead atoms. The van der Waals surface area contributed by atoms with Gasteiger partial charge in [-0.05, 0) is 18.7 Å². The standard InChI is InChI=1S/C13H19N3O2/c1-4-14-9-12(17)15-11-8-6-5-7-10(11)13(18)16(2)3/h5-8,14H,4,9H2,1-3H3,(H,15,17). The van der Waals surface area contributed by atoms with Crippen LogP contribution >= 0.6 is 0 Å². The molecule has 1 aromatic rings. The van der Waals surface area contributed by atoms with E-state index in [0.29, 0.717) is 11.3 Å². The molecule has 0 fully saturated rings. The molecule has 0 spiro atoms. The summed E-state index contributed by atoms with van der Waals surface area (Å²) in [6, 6.07) is 6.98. The number of hydrogen-bond donors (Lipinski definition) is 2. The molecule has 5 heteroatoms. The molecule has 0 heterocycles. The van der Waals surface area contributed by atoms with Crippen molar-refractivity contribution in [3.63, 3.8) is 0 Å². The van der Waals surface area contributed by atoms with Crippen molar-refractivity contribution < 1.29 is 9.59 Å². The summed E-state index contributed by atoms with van der Waals surface area (Å²) in [5.41, 5.74) is 1.03. The highest BCUT2D eigenvalue weighted by Crippen LogP contribution is 2.16. The summed E-state index contributed by atoms with van der Waals surface area (Å²) in [4.78, 5) is 25.0. The topological polar surface area (TPSA) is 61.4 Å². The zero-order valence-corrected chi connectivity index (χ0v) is 11.0. The van der Waals surface area contributed by atoms with E-state index in [-0.39, 0.29) is 18.4 Å². The quantitative estimate of drug-likeness (QED) is 0.816. The van der Waals surface area contributed by atoms with Gasteiger partial charge in [0.15, 0.2) is 0 Å². The molecule has 1 rings (SSSR count). The molecule has 0 radical (unpaired) electrons. The molecule has 0 aliphatic rings. The maximum atomic E-state index is 11.9. The fourth-order valence-electron chi connectivity index (χ4n) is 1.45. The Bertz CT molecular complexity index is 430. The number of hydrogen-bond acceptors (Lipinski definition) is 3. The molecule has 0 aliphatic carbocycles. The van der Waals surface area contributed by atoms with Gasteiger partial charge < -0.3 is 15.5 Å². The highest BCUT2D eigenvalue weighted by atomic mass is 16.2. The Morgan fingerprint density at radius 1 is 1.22 bits per heavy atom. The fraction of sp³-hybridized carbons (Fsp3) is 0.385. The van der Waals surface area contributed by atoms with Crippen LogP contribution in [0.3, 0.4) is 0 Å². The van der Waals surface area contributed by atoms with Crippen molar-refractivity contribution in [3.8, 4) is 0 Å². The number of carbonyl (C=O) groups excluding carboxylic acids is 2. The molecule has 2 N–H and O–H groups in total. The number of amides is 2. The summed E-state index contributed by atoms with van der Waals surface area (Å²) in [6.45, 7) is 2.89. The van der Waals surface area contributed by atoms with Gasteiger partial charge >= 0.3 is 0 Å². The first-order valence-corrected chi connectivity index (χ1v) is 5.87. The molecule has 0 aliphatic heterocycles. The summed E-state index contributed by atoms with van der Waals surface area (Å²) in [7, 11) is 3.36. The van der Waals surface area contributed by atoms with Gasteiger partial charge in [-0.25, -0.2) is 0 Å². The normalized spacial score (nSPS) is 9.94. The van der Waals surface area contributed by atoms with Gasteiger partial charge in [0.05, 0.1) is 17.8 Å². The van der Waals surface area contributed by atoms with Crippen molar-refractivity contribution in [2.45, 2.75) is 6.92 Å². The van der Waals surface area contributed by atoms with Crippen molar-refractivity contribution in [2.24, 2.45) is 0 Å². The Morgan fingerprint density at radius 3 is 2.50 bits per heavy atom. The van der Waals surface area contributed by atoms with E-state index >= 15 is 0 Å². The van der Waals surface area contributed by atoms with E-state index in [2.05, 4.69) is 10.6 Å². The Morgan fingerprint density at radius 2 is 1.89 bits per heavy atom. The van der Waals surface area contributed by atoms with Crippen LogP contribution in [0.2, 0.25) is 0 Å². The minimum Gasteiger partial charge on any atom is -0.345 e. The monoisotopic (exact) mass is 249 g/mol. The summed E-state index contributed by atoms with van der Waals surface area (Å²) in [5, 5.41) is 5.66. The molecule has 18 heavy (non-hydrogen) atoms. The predicted octanol–water partition coefficient (Wildman–Crippen LogP) is 0.936. The number of para-hydroxylation sites is 1. The average Bonchev–Trinajstić information content (AvgIpc) is 2.36. The molecule has 5 nitrogen and oxygen atoms in total. The molecular weight excluding hydrogens is 230 g/mol. The minimum atomic E-state index is -0.157. The third kappa shape index (κ3) is 3.85. The average molecular weight is 249 g/mol. The number of anilines is 1. The number of nitrogens with zero attached hydrogens (tertiary/aromatic N) is 1. The fourth-order valence-corrected chi connectivity index (χ4v) is 1.45. The molecule has 0 saturated heterocycles. The lowest BCUT2D eigenvalue weighted by atomic mass is 10.1. The van der Waals surface area contributed by atoms with Gasteiger partial charge in [0.25, 0.3) is 5.91 Å². The molecule has 0 saturated carbocycles. The van der Waals surface area contributed by atoms with Gasteiger partial charge in [-0.3, -0.25) is 9.59 Å². The Balaban J connectivity index is 2.82. The van der Waals surface area contributed by atoms with Crippen molar-refractivity contribution in [1.82, 2.24) is 10.2 Å². The highest BCUT2D eigenvalue weighted by molar-refractivity contribution is 6.03. The summed E-state index contributed by atoms with van der Waals surface area (Å²) in [5.74, 6) is -0.287. The Hall–Kier alpha value is -1.88. The highest BCUT2D eigenvalue weighted by Gasteiger charge is 2.13. The van der Waals surface area contributed by atoms with E-state index in [1.807, 2.05) is 6.92 Å². The smallest absolute Gasteiger partial charge is 0.255 e. The van der Waals surface area contributed by atoms with Crippen LogP contribution in [0.1, 0.15) is 17.3 Å². The zero-order chi connectivity index (χ0) is 13.5. The largest absolute Gasteiger partial charge is 0.345 e. The van der Waals surface area contributed by atoms with Crippen LogP contribution in [0.5, 0.6) is 0 Å². The van der Waals surface area contributed by atoms with Crippen LogP contribution in [-0.2, 0) is 4.79 Å². The third-order valence-corrected chi connectivity index (χ3v) is 2.37. The van der Waals surface area contributed by atoms with Crippen molar-refractivity contribution in [3.05, 3.63) is 29.8 Å². The first-order chi connectivity index (χ1) is 8.56. The summed E-state index contributed by atoms with van der Waals surface area (Å²) >= 11 is 0. The summed E-state index contributed by atoms with van der Waals surface area (Å²) < 4.78 is 0. The Labute approximate surface area is 107 Å². The molecule has 0 atom stereocenters. The Kier molecular flexibility index (Phi) is 5.32. The van der Waals surface area contributed by atoms with Gasteiger partial charge in [0.1, 0.15) is 0 Å². The van der Waals surface area contributed by atoms with Crippen molar-refractivity contribution in [1.29, 1.82) is 0 Å². The molecule has 0 unspecified atom stereocenters. The van der Waals surface area contributed by atoms with Crippen LogP contribution in [-0.4, -0.2) is 43.9 Å². The summed E-state index contributed by atoms with van der Waals surface area (Å²) in [6.07, 6.45) is 0. The van der Waals surface area contributed by atoms with E-state index in [1.54, 1.807) is 38.4 Å². The molecule has 2 amide bonds. The van der Waals surface area contributed by atoms with E-state index < -0.39 is 0 Å². The lowest BCUT2D eigenvalue weighted by molar-refractivity contribution is -0.115. The number of rotatable bonds is 5. The van der Waals surface area contributed by atoms with Crippen LogP contribution in [0.4, 0.5) is 5.69 Å². The van der Waals surface area contributed by atoms with E-state index in [1.165, 1.54) is 4.90 Å². The number of nitrogens with one attached hydrogen (secondary N) is 2. The van der Waals surface area contributed by atoms with Crippen LogP contribution in [0.15, 0.2) is 24.3 Å². The van der Waals surface area contributed by atoms with E-state index in [4.69, 9.17) is 0 Å². The van der Waals surface area contributed by atoms with Gasteiger partial charge in [-0.15, -0.1) is 0 Å². The first kappa shape index (κ1) is 14.2.